The van der Waals surface area contributed by atoms with Crippen LogP contribution in [0.25, 0.3) is 0 Å². The molecule has 3 rings (SSSR count). The molecule has 0 N–H and O–H groups in total. The van der Waals surface area contributed by atoms with Gasteiger partial charge < -0.3 is 4.90 Å². The SMILES string of the molecule is Cc1ccc(C#N)c(N(Cc2cccs2)C2CC2)c1. The number of hydrogen-bond donors (Lipinski definition) is 0. The number of hydrogen-bond acceptors (Lipinski definition) is 3. The van der Waals surface area contributed by atoms with Crippen LogP contribution in [0, 0.1) is 18.3 Å². The van der Waals surface area contributed by atoms with Crippen LogP contribution in [0.3, 0.4) is 0 Å². The van der Waals surface area contributed by atoms with Crippen LogP contribution < -0.4 is 4.90 Å². The van der Waals surface area contributed by atoms with Crippen LogP contribution in [0.5, 0.6) is 0 Å². The van der Waals surface area contributed by atoms with Gasteiger partial charge in [0, 0.05) is 10.9 Å². The Morgan fingerprint density at radius 1 is 1.37 bits per heavy atom. The fourth-order valence-electron chi connectivity index (χ4n) is 2.34. The Bertz CT molecular complexity index is 606. The average molecular weight is 268 g/mol. The normalized spacial score (nSPS) is 14.1. The molecule has 1 aromatic carbocycles. The molecule has 3 heteroatoms. The summed E-state index contributed by atoms with van der Waals surface area (Å²) in [6, 6.07) is 13.3. The average Bonchev–Trinajstić information content (AvgIpc) is 3.13. The van der Waals surface area contributed by atoms with Gasteiger partial charge in [0.25, 0.3) is 0 Å². The lowest BCUT2D eigenvalue weighted by Gasteiger charge is -2.25. The van der Waals surface area contributed by atoms with Gasteiger partial charge >= 0.3 is 0 Å². The molecule has 1 aliphatic carbocycles. The molecular formula is C16H16N2S. The highest BCUT2D eigenvalue weighted by Crippen LogP contribution is 2.35. The zero-order valence-corrected chi connectivity index (χ0v) is 11.8. The molecule has 1 heterocycles. The third kappa shape index (κ3) is 2.64. The van der Waals surface area contributed by atoms with Crippen molar-refractivity contribution in [1.82, 2.24) is 0 Å². The van der Waals surface area contributed by atoms with Crippen molar-refractivity contribution in [2.45, 2.75) is 32.4 Å². The number of thiophene rings is 1. The molecule has 1 fully saturated rings. The van der Waals surface area contributed by atoms with Gasteiger partial charge in [-0.1, -0.05) is 12.1 Å². The minimum absolute atomic E-state index is 0.607. The van der Waals surface area contributed by atoms with Crippen LogP contribution in [0.4, 0.5) is 5.69 Å². The van der Waals surface area contributed by atoms with Gasteiger partial charge in [0.15, 0.2) is 0 Å². The third-order valence-corrected chi connectivity index (χ3v) is 4.34. The van der Waals surface area contributed by atoms with Crippen molar-refractivity contribution in [3.8, 4) is 6.07 Å². The second kappa shape index (κ2) is 5.07. The minimum atomic E-state index is 0.607. The monoisotopic (exact) mass is 268 g/mol. The number of anilines is 1. The Labute approximate surface area is 117 Å². The molecule has 96 valence electrons. The Kier molecular flexibility index (Phi) is 3.27. The van der Waals surface area contributed by atoms with E-state index in [2.05, 4.69) is 41.5 Å². The van der Waals surface area contributed by atoms with Crippen molar-refractivity contribution in [1.29, 1.82) is 5.26 Å². The highest BCUT2D eigenvalue weighted by molar-refractivity contribution is 7.09. The Hall–Kier alpha value is -1.79. The highest BCUT2D eigenvalue weighted by Gasteiger charge is 2.30. The maximum absolute atomic E-state index is 9.31. The van der Waals surface area contributed by atoms with E-state index in [0.717, 1.165) is 17.8 Å². The summed E-state index contributed by atoms with van der Waals surface area (Å²) in [4.78, 5) is 3.76. The van der Waals surface area contributed by atoms with Gasteiger partial charge in [0.1, 0.15) is 6.07 Å². The topological polar surface area (TPSA) is 27.0 Å². The van der Waals surface area contributed by atoms with E-state index in [4.69, 9.17) is 0 Å². The molecule has 1 saturated carbocycles. The van der Waals surface area contributed by atoms with Gasteiger partial charge in [0.05, 0.1) is 17.8 Å². The largest absolute Gasteiger partial charge is 0.362 e. The Balaban J connectivity index is 1.96. The van der Waals surface area contributed by atoms with Gasteiger partial charge in [-0.3, -0.25) is 0 Å². The van der Waals surface area contributed by atoms with Crippen LogP contribution >= 0.6 is 11.3 Å². The van der Waals surface area contributed by atoms with Crippen LogP contribution in [0.2, 0.25) is 0 Å². The Morgan fingerprint density at radius 3 is 2.84 bits per heavy atom. The van der Waals surface area contributed by atoms with Crippen molar-refractivity contribution in [2.75, 3.05) is 4.90 Å². The molecule has 0 bridgehead atoms. The molecular weight excluding hydrogens is 252 g/mol. The number of aryl methyl sites for hydroxylation is 1. The van der Waals surface area contributed by atoms with Crippen molar-refractivity contribution in [2.24, 2.45) is 0 Å². The van der Waals surface area contributed by atoms with Crippen LogP contribution in [0.1, 0.15) is 28.8 Å². The maximum atomic E-state index is 9.31. The second-order valence-corrected chi connectivity index (χ2v) is 6.10. The summed E-state index contributed by atoms with van der Waals surface area (Å²) in [6.07, 6.45) is 2.48. The van der Waals surface area contributed by atoms with Crippen LogP contribution in [-0.2, 0) is 6.54 Å². The van der Waals surface area contributed by atoms with Gasteiger partial charge in [-0.15, -0.1) is 11.3 Å². The fraction of sp³-hybridized carbons (Fsp3) is 0.312. The van der Waals surface area contributed by atoms with Crippen molar-refractivity contribution in [3.63, 3.8) is 0 Å². The first kappa shape index (κ1) is 12.3. The van der Waals surface area contributed by atoms with Gasteiger partial charge in [0.2, 0.25) is 0 Å². The summed E-state index contributed by atoms with van der Waals surface area (Å²) < 4.78 is 0. The van der Waals surface area contributed by atoms with Crippen LogP contribution in [0.15, 0.2) is 35.7 Å². The number of rotatable bonds is 4. The van der Waals surface area contributed by atoms with Crippen LogP contribution in [-0.4, -0.2) is 6.04 Å². The molecule has 2 aromatic rings. The van der Waals surface area contributed by atoms with Crippen molar-refractivity contribution >= 4 is 17.0 Å². The lowest BCUT2D eigenvalue weighted by molar-refractivity contribution is 0.801. The summed E-state index contributed by atoms with van der Waals surface area (Å²) in [6.45, 7) is 3.00. The van der Waals surface area contributed by atoms with E-state index < -0.39 is 0 Å². The first-order chi connectivity index (χ1) is 9.28. The van der Waals surface area contributed by atoms with E-state index in [1.54, 1.807) is 11.3 Å². The molecule has 0 atom stereocenters. The van der Waals surface area contributed by atoms with Gasteiger partial charge in [-0.05, 0) is 48.9 Å². The summed E-state index contributed by atoms with van der Waals surface area (Å²) in [7, 11) is 0. The zero-order valence-electron chi connectivity index (χ0n) is 11.0. The predicted octanol–water partition coefficient (Wildman–Crippen LogP) is 4.10. The molecule has 0 radical (unpaired) electrons. The molecule has 0 aliphatic heterocycles. The third-order valence-electron chi connectivity index (χ3n) is 3.48. The molecule has 0 unspecified atom stereocenters. The fourth-order valence-corrected chi connectivity index (χ4v) is 3.04. The lowest BCUT2D eigenvalue weighted by atomic mass is 10.1. The summed E-state index contributed by atoms with van der Waals surface area (Å²) in [5.74, 6) is 0. The predicted molar refractivity (Wildman–Crippen MR) is 79.4 cm³/mol. The summed E-state index contributed by atoms with van der Waals surface area (Å²) in [5, 5.41) is 11.4. The number of nitrogens with zero attached hydrogens (tertiary/aromatic N) is 2. The molecule has 1 aromatic heterocycles. The van der Waals surface area contributed by atoms with E-state index in [-0.39, 0.29) is 0 Å². The zero-order chi connectivity index (χ0) is 13.2. The van der Waals surface area contributed by atoms with Gasteiger partial charge in [-0.2, -0.15) is 5.26 Å². The highest BCUT2D eigenvalue weighted by atomic mass is 32.1. The van der Waals surface area contributed by atoms with Crippen molar-refractivity contribution < 1.29 is 0 Å². The van der Waals surface area contributed by atoms with E-state index in [1.165, 1.54) is 23.3 Å². The molecule has 19 heavy (non-hydrogen) atoms. The first-order valence-electron chi connectivity index (χ1n) is 6.57. The lowest BCUT2D eigenvalue weighted by Crippen LogP contribution is -2.25. The summed E-state index contributed by atoms with van der Waals surface area (Å²) >= 11 is 1.78. The standard InChI is InChI=1S/C16H16N2S/c1-12-4-5-13(10-17)16(9-12)18(14-6-7-14)11-15-3-2-8-19-15/h2-5,8-9,14H,6-7,11H2,1H3. The smallest absolute Gasteiger partial charge is 0.101 e. The van der Waals surface area contributed by atoms with Gasteiger partial charge in [-0.25, -0.2) is 0 Å². The molecule has 1 aliphatic rings. The molecule has 0 amide bonds. The van der Waals surface area contributed by atoms with Crippen molar-refractivity contribution in [3.05, 3.63) is 51.7 Å². The van der Waals surface area contributed by atoms with E-state index in [0.29, 0.717) is 6.04 Å². The van der Waals surface area contributed by atoms with E-state index in [9.17, 15) is 5.26 Å². The van der Waals surface area contributed by atoms with E-state index >= 15 is 0 Å². The molecule has 0 saturated heterocycles. The number of nitriles is 1. The first-order valence-corrected chi connectivity index (χ1v) is 7.45. The quantitative estimate of drug-likeness (QED) is 0.834. The second-order valence-electron chi connectivity index (χ2n) is 5.07. The van der Waals surface area contributed by atoms with E-state index in [1.807, 2.05) is 12.1 Å². The maximum Gasteiger partial charge on any atom is 0.101 e. The molecule has 2 nitrogen and oxygen atoms in total. The molecule has 0 spiro atoms. The summed E-state index contributed by atoms with van der Waals surface area (Å²) in [5.41, 5.74) is 3.10. The minimum Gasteiger partial charge on any atom is -0.362 e. The Morgan fingerprint density at radius 2 is 2.21 bits per heavy atom. The number of benzene rings is 1.